The Morgan fingerprint density at radius 3 is 2.60 bits per heavy atom. The molecule has 0 heterocycles. The van der Waals surface area contributed by atoms with E-state index in [4.69, 9.17) is 11.6 Å². The summed E-state index contributed by atoms with van der Waals surface area (Å²) in [5.74, 6) is 1.67. The predicted octanol–water partition coefficient (Wildman–Crippen LogP) is 3.31. The van der Waals surface area contributed by atoms with Gasteiger partial charge in [0.05, 0.1) is 17.0 Å². The molecule has 6 heteroatoms. The van der Waals surface area contributed by atoms with Crippen molar-refractivity contribution in [2.45, 2.75) is 31.7 Å². The average Bonchev–Trinajstić information content (AvgIpc) is 2.93. The summed E-state index contributed by atoms with van der Waals surface area (Å²) in [6, 6.07) is 5.92. The maximum Gasteiger partial charge on any atom is 0.229 e. The van der Waals surface area contributed by atoms with Crippen LogP contribution in [0.25, 0.3) is 0 Å². The van der Waals surface area contributed by atoms with Crippen molar-refractivity contribution in [2.24, 2.45) is 11.8 Å². The largest absolute Gasteiger partial charge is 0.382 e. The van der Waals surface area contributed by atoms with Crippen LogP contribution in [0.1, 0.15) is 25.7 Å². The van der Waals surface area contributed by atoms with Gasteiger partial charge in [0, 0.05) is 11.7 Å². The molecule has 0 aromatic heterocycles. The summed E-state index contributed by atoms with van der Waals surface area (Å²) in [7, 11) is -3.30. The van der Waals surface area contributed by atoms with Gasteiger partial charge in [-0.1, -0.05) is 18.0 Å². The number of anilines is 2. The van der Waals surface area contributed by atoms with Crippen LogP contribution in [-0.2, 0) is 10.0 Å². The molecule has 2 fully saturated rings. The van der Waals surface area contributed by atoms with Crippen molar-refractivity contribution < 1.29 is 8.42 Å². The van der Waals surface area contributed by atoms with E-state index in [1.807, 2.05) is 6.07 Å². The summed E-state index contributed by atoms with van der Waals surface area (Å²) in [5, 5.41) is 3.96. The fraction of sp³-hybridized carbons (Fsp3) is 0.571. The van der Waals surface area contributed by atoms with Gasteiger partial charge in [-0.2, -0.15) is 0 Å². The molecule has 0 saturated heterocycles. The van der Waals surface area contributed by atoms with E-state index in [0.717, 1.165) is 23.8 Å². The van der Waals surface area contributed by atoms with Crippen molar-refractivity contribution in [2.75, 3.05) is 16.3 Å². The highest BCUT2D eigenvalue weighted by molar-refractivity contribution is 7.92. The molecule has 3 atom stereocenters. The quantitative estimate of drug-likeness (QED) is 0.896. The fourth-order valence-electron chi connectivity index (χ4n) is 3.52. The maximum atomic E-state index is 11.2. The van der Waals surface area contributed by atoms with E-state index < -0.39 is 10.0 Å². The number of hydrogen-bond acceptors (Lipinski definition) is 3. The Bertz CT molecular complexity index is 618. The van der Waals surface area contributed by atoms with Gasteiger partial charge in [0.25, 0.3) is 0 Å². The zero-order valence-corrected chi connectivity index (χ0v) is 13.0. The van der Waals surface area contributed by atoms with E-state index in [9.17, 15) is 8.42 Å². The second-order valence-corrected chi connectivity index (χ2v) is 8.15. The van der Waals surface area contributed by atoms with Crippen molar-refractivity contribution in [3.05, 3.63) is 23.2 Å². The van der Waals surface area contributed by atoms with Gasteiger partial charge in [-0.15, -0.1) is 0 Å². The summed E-state index contributed by atoms with van der Waals surface area (Å²) in [6.45, 7) is 0. The zero-order chi connectivity index (χ0) is 14.3. The SMILES string of the molecule is CS(=O)(=O)Nc1ccc(NC2CC3CCC2C3)cc1Cl. The Balaban J connectivity index is 1.71. The molecule has 0 aliphatic heterocycles. The third-order valence-electron chi connectivity index (χ3n) is 4.35. The minimum absolute atomic E-state index is 0.420. The molecule has 3 rings (SSSR count). The van der Waals surface area contributed by atoms with Crippen LogP contribution >= 0.6 is 11.6 Å². The van der Waals surface area contributed by atoms with Gasteiger partial charge in [0.15, 0.2) is 0 Å². The van der Waals surface area contributed by atoms with Crippen molar-refractivity contribution in [3.8, 4) is 0 Å². The first kappa shape index (κ1) is 14.0. The molecule has 1 aromatic rings. The van der Waals surface area contributed by atoms with E-state index in [1.165, 1.54) is 25.7 Å². The van der Waals surface area contributed by atoms with Gasteiger partial charge in [-0.3, -0.25) is 4.72 Å². The molecule has 20 heavy (non-hydrogen) atoms. The summed E-state index contributed by atoms with van der Waals surface area (Å²) in [4.78, 5) is 0. The third kappa shape index (κ3) is 3.04. The maximum absolute atomic E-state index is 11.2. The van der Waals surface area contributed by atoms with Gasteiger partial charge >= 0.3 is 0 Å². The summed E-state index contributed by atoms with van der Waals surface area (Å²) < 4.78 is 24.8. The number of rotatable bonds is 4. The Hall–Kier alpha value is -0.940. The summed E-state index contributed by atoms with van der Waals surface area (Å²) in [5.41, 5.74) is 1.39. The van der Waals surface area contributed by atoms with Crippen LogP contribution in [0.3, 0.4) is 0 Å². The third-order valence-corrected chi connectivity index (χ3v) is 5.26. The highest BCUT2D eigenvalue weighted by Crippen LogP contribution is 2.45. The first-order chi connectivity index (χ1) is 9.40. The van der Waals surface area contributed by atoms with Crippen LogP contribution in [0.2, 0.25) is 5.02 Å². The van der Waals surface area contributed by atoms with E-state index in [1.54, 1.807) is 12.1 Å². The Labute approximate surface area is 125 Å². The predicted molar refractivity (Wildman–Crippen MR) is 82.8 cm³/mol. The lowest BCUT2D eigenvalue weighted by Gasteiger charge is -2.24. The lowest BCUT2D eigenvalue weighted by Crippen LogP contribution is -2.25. The second-order valence-electron chi connectivity index (χ2n) is 5.99. The molecular formula is C14H19ClN2O2S. The number of sulfonamides is 1. The highest BCUT2D eigenvalue weighted by Gasteiger charge is 2.39. The van der Waals surface area contributed by atoms with E-state index >= 15 is 0 Å². The highest BCUT2D eigenvalue weighted by atomic mass is 35.5. The number of nitrogens with one attached hydrogen (secondary N) is 2. The Morgan fingerprint density at radius 1 is 1.25 bits per heavy atom. The zero-order valence-electron chi connectivity index (χ0n) is 11.4. The first-order valence-corrected chi connectivity index (χ1v) is 9.21. The van der Waals surface area contributed by atoms with E-state index in [0.29, 0.717) is 16.8 Å². The number of halogens is 1. The molecule has 2 aliphatic carbocycles. The molecule has 2 N–H and O–H groups in total. The summed E-state index contributed by atoms with van der Waals surface area (Å²) in [6.07, 6.45) is 6.40. The molecule has 3 unspecified atom stereocenters. The molecule has 0 radical (unpaired) electrons. The lowest BCUT2D eigenvalue weighted by molar-refractivity contribution is 0.440. The van der Waals surface area contributed by atoms with E-state index in [2.05, 4.69) is 10.0 Å². The first-order valence-electron chi connectivity index (χ1n) is 6.94. The van der Waals surface area contributed by atoms with Crippen molar-refractivity contribution in [3.63, 3.8) is 0 Å². The van der Waals surface area contributed by atoms with Gasteiger partial charge in [0.2, 0.25) is 10.0 Å². The minimum Gasteiger partial charge on any atom is -0.382 e. The summed E-state index contributed by atoms with van der Waals surface area (Å²) >= 11 is 6.13. The molecular weight excluding hydrogens is 296 g/mol. The fourth-order valence-corrected chi connectivity index (χ4v) is 4.38. The molecule has 2 bridgehead atoms. The van der Waals surface area contributed by atoms with Crippen molar-refractivity contribution >= 4 is 33.0 Å². The Kier molecular flexibility index (Phi) is 3.58. The van der Waals surface area contributed by atoms with Gasteiger partial charge in [-0.25, -0.2) is 8.42 Å². The minimum atomic E-state index is -3.30. The molecule has 0 spiro atoms. The van der Waals surface area contributed by atoms with Crippen LogP contribution in [-0.4, -0.2) is 20.7 Å². The number of benzene rings is 1. The molecule has 2 saturated carbocycles. The smallest absolute Gasteiger partial charge is 0.229 e. The van der Waals surface area contributed by atoms with Crippen LogP contribution in [0.4, 0.5) is 11.4 Å². The molecule has 1 aromatic carbocycles. The van der Waals surface area contributed by atoms with Crippen LogP contribution < -0.4 is 10.0 Å². The molecule has 2 aliphatic rings. The molecule has 4 nitrogen and oxygen atoms in total. The van der Waals surface area contributed by atoms with Crippen LogP contribution in [0.15, 0.2) is 18.2 Å². The average molecular weight is 315 g/mol. The lowest BCUT2D eigenvalue weighted by atomic mass is 9.95. The topological polar surface area (TPSA) is 58.2 Å². The van der Waals surface area contributed by atoms with Gasteiger partial charge in [-0.05, 0) is 49.3 Å². The number of fused-ring (bicyclic) bond motifs is 2. The van der Waals surface area contributed by atoms with Crippen LogP contribution in [0.5, 0.6) is 0 Å². The Morgan fingerprint density at radius 2 is 2.05 bits per heavy atom. The van der Waals surface area contributed by atoms with Gasteiger partial charge < -0.3 is 5.32 Å². The monoisotopic (exact) mass is 314 g/mol. The number of hydrogen-bond donors (Lipinski definition) is 2. The normalized spacial score (nSPS) is 28.6. The molecule has 0 amide bonds. The second kappa shape index (κ2) is 5.11. The van der Waals surface area contributed by atoms with Crippen LogP contribution in [0, 0.1) is 11.8 Å². The van der Waals surface area contributed by atoms with Crippen molar-refractivity contribution in [1.82, 2.24) is 0 Å². The van der Waals surface area contributed by atoms with Gasteiger partial charge in [0.1, 0.15) is 0 Å². The standard InChI is InChI=1S/C14H19ClN2O2S/c1-20(18,19)17-13-5-4-11(8-12(13)15)16-14-7-9-2-3-10(14)6-9/h4-5,8-10,14,16-17H,2-3,6-7H2,1H3. The van der Waals surface area contributed by atoms with Crippen molar-refractivity contribution in [1.29, 1.82) is 0 Å². The molecule has 110 valence electrons. The van der Waals surface area contributed by atoms with E-state index in [-0.39, 0.29) is 0 Å².